The van der Waals surface area contributed by atoms with Crippen LogP contribution in [0, 0.1) is 5.92 Å². The standard InChI is InChI=1S/C19H17Cl2NO3/c20-14-5-2-1-4-11(14)12-8-13(12)19(23)22-16-10-18-17(9-15(16)21)24-6-3-7-25-18/h1-2,4-5,9-10,12-13H,3,6-8H2,(H,22,23). The molecule has 2 aromatic rings. The van der Waals surface area contributed by atoms with E-state index < -0.39 is 0 Å². The maximum absolute atomic E-state index is 12.6. The van der Waals surface area contributed by atoms with Crippen LogP contribution in [-0.2, 0) is 4.79 Å². The van der Waals surface area contributed by atoms with Crippen molar-refractivity contribution in [2.75, 3.05) is 18.5 Å². The summed E-state index contributed by atoms with van der Waals surface area (Å²) in [5.41, 5.74) is 1.56. The Morgan fingerprint density at radius 1 is 1.04 bits per heavy atom. The van der Waals surface area contributed by atoms with Crippen molar-refractivity contribution in [2.45, 2.75) is 18.8 Å². The number of rotatable bonds is 3. The van der Waals surface area contributed by atoms with Gasteiger partial charge >= 0.3 is 0 Å². The monoisotopic (exact) mass is 377 g/mol. The van der Waals surface area contributed by atoms with E-state index in [-0.39, 0.29) is 17.7 Å². The molecule has 0 bridgehead atoms. The number of carbonyl (C=O) groups is 1. The number of anilines is 1. The van der Waals surface area contributed by atoms with Crippen molar-refractivity contribution < 1.29 is 14.3 Å². The predicted octanol–water partition coefficient (Wildman–Crippen LogP) is 4.90. The van der Waals surface area contributed by atoms with Crippen molar-refractivity contribution in [3.8, 4) is 11.5 Å². The molecule has 2 aliphatic rings. The number of fused-ring (bicyclic) bond motifs is 1. The predicted molar refractivity (Wildman–Crippen MR) is 98.0 cm³/mol. The fourth-order valence-electron chi connectivity index (χ4n) is 3.11. The summed E-state index contributed by atoms with van der Waals surface area (Å²) in [5.74, 6) is 1.23. The smallest absolute Gasteiger partial charge is 0.228 e. The molecule has 1 aliphatic carbocycles. The SMILES string of the molecule is O=C(Nc1cc2c(cc1Cl)OCCCO2)C1CC1c1ccccc1Cl. The molecule has 4 nitrogen and oxygen atoms in total. The molecule has 1 amide bonds. The van der Waals surface area contributed by atoms with Gasteiger partial charge in [0, 0.05) is 29.5 Å². The zero-order valence-electron chi connectivity index (χ0n) is 13.4. The second-order valence-electron chi connectivity index (χ2n) is 6.29. The van der Waals surface area contributed by atoms with Crippen molar-refractivity contribution in [3.05, 3.63) is 52.0 Å². The van der Waals surface area contributed by atoms with Crippen LogP contribution in [0.2, 0.25) is 10.0 Å². The molecule has 0 radical (unpaired) electrons. The normalized spacial score (nSPS) is 21.4. The van der Waals surface area contributed by atoms with Crippen LogP contribution in [0.25, 0.3) is 0 Å². The molecule has 1 N–H and O–H groups in total. The molecular weight excluding hydrogens is 361 g/mol. The Hall–Kier alpha value is -1.91. The highest BCUT2D eigenvalue weighted by Crippen LogP contribution is 2.50. The first-order valence-corrected chi connectivity index (χ1v) is 9.03. The lowest BCUT2D eigenvalue weighted by molar-refractivity contribution is -0.117. The van der Waals surface area contributed by atoms with Crippen LogP contribution in [-0.4, -0.2) is 19.1 Å². The highest BCUT2D eigenvalue weighted by Gasteiger charge is 2.45. The van der Waals surface area contributed by atoms with Crippen molar-refractivity contribution >= 4 is 34.8 Å². The third-order valence-electron chi connectivity index (χ3n) is 4.53. The first kappa shape index (κ1) is 16.6. The van der Waals surface area contributed by atoms with Crippen LogP contribution in [0.15, 0.2) is 36.4 Å². The zero-order chi connectivity index (χ0) is 17.4. The first-order valence-electron chi connectivity index (χ1n) is 8.28. The summed E-state index contributed by atoms with van der Waals surface area (Å²) in [4.78, 5) is 12.6. The van der Waals surface area contributed by atoms with E-state index in [2.05, 4.69) is 5.32 Å². The van der Waals surface area contributed by atoms with Gasteiger partial charge in [-0.2, -0.15) is 0 Å². The van der Waals surface area contributed by atoms with E-state index in [0.717, 1.165) is 18.4 Å². The van der Waals surface area contributed by atoms with E-state index >= 15 is 0 Å². The Bertz CT molecular complexity index is 824. The zero-order valence-corrected chi connectivity index (χ0v) is 14.9. The van der Waals surface area contributed by atoms with E-state index in [1.807, 2.05) is 24.3 Å². The third kappa shape index (κ3) is 3.42. The topological polar surface area (TPSA) is 47.6 Å². The number of nitrogens with one attached hydrogen (secondary N) is 1. The molecule has 1 aliphatic heterocycles. The van der Waals surface area contributed by atoms with Gasteiger partial charge < -0.3 is 14.8 Å². The fraction of sp³-hybridized carbons (Fsp3) is 0.316. The van der Waals surface area contributed by atoms with Gasteiger partial charge in [0.25, 0.3) is 0 Å². The van der Waals surface area contributed by atoms with Crippen LogP contribution in [0.1, 0.15) is 24.3 Å². The summed E-state index contributed by atoms with van der Waals surface area (Å²) in [5, 5.41) is 4.05. The second kappa shape index (κ2) is 6.77. The molecule has 2 atom stereocenters. The molecule has 130 valence electrons. The largest absolute Gasteiger partial charge is 0.490 e. The average molecular weight is 378 g/mol. The lowest BCUT2D eigenvalue weighted by Gasteiger charge is -2.12. The number of hydrogen-bond acceptors (Lipinski definition) is 3. The molecule has 25 heavy (non-hydrogen) atoms. The number of carbonyl (C=O) groups excluding carboxylic acids is 1. The molecule has 4 rings (SSSR count). The fourth-order valence-corrected chi connectivity index (χ4v) is 3.59. The van der Waals surface area contributed by atoms with Gasteiger partial charge in [-0.1, -0.05) is 41.4 Å². The minimum absolute atomic E-state index is 0.0543. The van der Waals surface area contributed by atoms with Crippen LogP contribution < -0.4 is 14.8 Å². The van der Waals surface area contributed by atoms with Crippen molar-refractivity contribution in [1.82, 2.24) is 0 Å². The quantitative estimate of drug-likeness (QED) is 0.827. The summed E-state index contributed by atoms with van der Waals surface area (Å²) in [6.07, 6.45) is 1.60. The summed E-state index contributed by atoms with van der Waals surface area (Å²) in [6, 6.07) is 11.1. The van der Waals surface area contributed by atoms with Crippen molar-refractivity contribution in [1.29, 1.82) is 0 Å². The lowest BCUT2D eigenvalue weighted by atomic mass is 10.1. The van der Waals surface area contributed by atoms with Gasteiger partial charge in [0.05, 0.1) is 23.9 Å². The van der Waals surface area contributed by atoms with Crippen LogP contribution in [0.4, 0.5) is 5.69 Å². The lowest BCUT2D eigenvalue weighted by Crippen LogP contribution is -2.15. The number of halogens is 2. The molecule has 0 spiro atoms. The van der Waals surface area contributed by atoms with Crippen LogP contribution in [0.3, 0.4) is 0 Å². The minimum Gasteiger partial charge on any atom is -0.490 e. The summed E-state index contributed by atoms with van der Waals surface area (Å²) in [6.45, 7) is 1.18. The summed E-state index contributed by atoms with van der Waals surface area (Å²) < 4.78 is 11.3. The Labute approximate surface area is 156 Å². The molecule has 6 heteroatoms. The third-order valence-corrected chi connectivity index (χ3v) is 5.18. The van der Waals surface area contributed by atoms with Crippen LogP contribution in [0.5, 0.6) is 11.5 Å². The summed E-state index contributed by atoms with van der Waals surface area (Å²) in [7, 11) is 0. The van der Waals surface area contributed by atoms with E-state index in [4.69, 9.17) is 32.7 Å². The molecule has 2 aromatic carbocycles. The molecule has 0 saturated heterocycles. The van der Waals surface area contributed by atoms with Gasteiger partial charge in [-0.05, 0) is 24.0 Å². The van der Waals surface area contributed by atoms with Crippen molar-refractivity contribution in [2.24, 2.45) is 5.92 Å². The Kier molecular flexibility index (Phi) is 4.48. The van der Waals surface area contributed by atoms with Gasteiger partial charge in [0.1, 0.15) is 0 Å². The number of ether oxygens (including phenoxy) is 2. The molecule has 1 saturated carbocycles. The first-order chi connectivity index (χ1) is 12.1. The van der Waals surface area contributed by atoms with Gasteiger partial charge in [-0.25, -0.2) is 0 Å². The molecule has 1 heterocycles. The second-order valence-corrected chi connectivity index (χ2v) is 7.10. The van der Waals surface area contributed by atoms with Crippen LogP contribution >= 0.6 is 23.2 Å². The van der Waals surface area contributed by atoms with Gasteiger partial charge in [-0.3, -0.25) is 4.79 Å². The van der Waals surface area contributed by atoms with E-state index in [1.165, 1.54) is 0 Å². The summed E-state index contributed by atoms with van der Waals surface area (Å²) >= 11 is 12.5. The van der Waals surface area contributed by atoms with E-state index in [9.17, 15) is 4.79 Å². The average Bonchev–Trinajstić information content (AvgIpc) is 3.40. The molecule has 1 fully saturated rings. The highest BCUT2D eigenvalue weighted by atomic mass is 35.5. The Morgan fingerprint density at radius 3 is 2.52 bits per heavy atom. The maximum atomic E-state index is 12.6. The maximum Gasteiger partial charge on any atom is 0.228 e. The number of amides is 1. The highest BCUT2D eigenvalue weighted by molar-refractivity contribution is 6.34. The van der Waals surface area contributed by atoms with Crippen molar-refractivity contribution in [3.63, 3.8) is 0 Å². The van der Waals surface area contributed by atoms with Gasteiger partial charge in [0.15, 0.2) is 11.5 Å². The number of benzene rings is 2. The van der Waals surface area contributed by atoms with Gasteiger partial charge in [-0.15, -0.1) is 0 Å². The minimum atomic E-state index is -0.0908. The Morgan fingerprint density at radius 2 is 1.76 bits per heavy atom. The van der Waals surface area contributed by atoms with E-state index in [1.54, 1.807) is 12.1 Å². The molecule has 2 unspecified atom stereocenters. The number of hydrogen-bond donors (Lipinski definition) is 1. The Balaban J connectivity index is 1.49. The molecule has 0 aromatic heterocycles. The molecular formula is C19H17Cl2NO3. The van der Waals surface area contributed by atoms with Gasteiger partial charge in [0.2, 0.25) is 5.91 Å². The van der Waals surface area contributed by atoms with E-state index in [0.29, 0.717) is 40.4 Å².